The van der Waals surface area contributed by atoms with Gasteiger partial charge in [0.15, 0.2) is 0 Å². The summed E-state index contributed by atoms with van der Waals surface area (Å²) in [7, 11) is 0. The van der Waals surface area contributed by atoms with E-state index in [2.05, 4.69) is 42.5 Å². The molecule has 0 amide bonds. The molecule has 4 aromatic carbocycles. The van der Waals surface area contributed by atoms with Crippen LogP contribution in [0.15, 0.2) is 127 Å². The van der Waals surface area contributed by atoms with Gasteiger partial charge in [-0.3, -0.25) is 25.1 Å². The van der Waals surface area contributed by atoms with E-state index in [1.807, 2.05) is 12.1 Å². The first-order chi connectivity index (χ1) is 33.3. The summed E-state index contributed by atoms with van der Waals surface area (Å²) >= 11 is 0. The molecule has 0 unspecified atom stereocenters. The Balaban J connectivity index is 0.000000365. The van der Waals surface area contributed by atoms with E-state index in [0.717, 1.165) is 18.7 Å². The summed E-state index contributed by atoms with van der Waals surface area (Å²) in [5, 5.41) is 82.3. The number of hydrogen-bond donors (Lipinski definition) is 4. The number of rotatable bonds is 23. The second-order valence-electron chi connectivity index (χ2n) is 15.7. The standard InChI is InChI=1S/2C16H12N5O4.C16H35NO2.Cr/c2*1-10-15(16(23)20(19-10)11-5-3-2-4-6-11)18-17-13-8-7-12(21(24)25)9-14(13)22;1-2-3-4-5-6-7-8-9-10-11-12-17(13-15-18)14-16-19;/h2*2-9,22H,1H3;18-19H,2-16H2,1H3;/q2*-1;;/p+1. The van der Waals surface area contributed by atoms with Crippen molar-refractivity contribution in [3.63, 3.8) is 0 Å². The maximum atomic E-state index is 12.4. The van der Waals surface area contributed by atoms with Crippen LogP contribution >= 0.6 is 0 Å². The number of aryl methyl sites for hydroxylation is 2. The van der Waals surface area contributed by atoms with Crippen LogP contribution in [0.5, 0.6) is 11.5 Å². The molecule has 0 aliphatic rings. The van der Waals surface area contributed by atoms with Crippen molar-refractivity contribution in [2.24, 2.45) is 20.5 Å². The number of aromatic hydroxyl groups is 2. The van der Waals surface area contributed by atoms with Crippen LogP contribution in [0, 0.1) is 34.1 Å². The van der Waals surface area contributed by atoms with E-state index in [9.17, 15) is 40.0 Å². The molecule has 0 atom stereocenters. The first-order valence-electron chi connectivity index (χ1n) is 22.7. The number of nitro benzene ring substituents is 2. The van der Waals surface area contributed by atoms with Crippen molar-refractivity contribution in [3.05, 3.63) is 149 Å². The van der Waals surface area contributed by atoms with Gasteiger partial charge < -0.3 is 40.2 Å². The van der Waals surface area contributed by atoms with Gasteiger partial charge in [0.1, 0.15) is 34.0 Å². The van der Waals surface area contributed by atoms with Gasteiger partial charge in [-0.25, -0.2) is 19.6 Å². The third kappa shape index (κ3) is 17.8. The molecule has 6 rings (SSSR count). The summed E-state index contributed by atoms with van der Waals surface area (Å²) in [6.45, 7) is 8.27. The van der Waals surface area contributed by atoms with Crippen molar-refractivity contribution in [1.82, 2.24) is 24.5 Å². The van der Waals surface area contributed by atoms with E-state index in [-0.39, 0.29) is 66.1 Å². The molecule has 0 aliphatic carbocycles. The smallest absolute Gasteiger partial charge is 0.505 e. The molecule has 2 aromatic heterocycles. The fourth-order valence-corrected chi connectivity index (χ4v) is 6.78. The molecule has 0 saturated carbocycles. The van der Waals surface area contributed by atoms with Crippen LogP contribution in [0.2, 0.25) is 0 Å². The fraction of sp³-hybridized carbons (Fsp3) is 0.375. The number of unbranched alkanes of at least 4 members (excludes halogenated alkanes) is 9. The molecule has 2 heterocycles. The molecule has 21 nitrogen and oxygen atoms in total. The number of hydrogen-bond acceptors (Lipinski definition) is 17. The molecule has 0 aliphatic heterocycles. The minimum absolute atomic E-state index is 0. The number of aromatic nitrogens is 4. The van der Waals surface area contributed by atoms with E-state index in [1.54, 1.807) is 62.4 Å². The van der Waals surface area contributed by atoms with Crippen LogP contribution in [0.3, 0.4) is 0 Å². The molecular weight excluding hydrogens is 943 g/mol. The van der Waals surface area contributed by atoms with Crippen molar-refractivity contribution in [2.45, 2.75) is 85.0 Å². The molecule has 4 N–H and O–H groups in total. The number of phenols is 2. The summed E-state index contributed by atoms with van der Waals surface area (Å²) < 4.78 is 2.42. The Labute approximate surface area is 416 Å². The van der Waals surface area contributed by atoms with Gasteiger partial charge in [0, 0.05) is 42.6 Å². The number of non-ortho nitro benzene ring substituents is 2. The Hall–Kier alpha value is -7.09. The Morgan fingerprint density at radius 3 is 1.31 bits per heavy atom. The number of azo groups is 2. The minimum Gasteiger partial charge on any atom is -0.505 e. The number of aliphatic hydroxyl groups is 2. The average Bonchev–Trinajstić information content (AvgIpc) is 3.80. The Morgan fingerprint density at radius 2 is 0.971 bits per heavy atom. The zero-order chi connectivity index (χ0) is 50.1. The number of nitrogens with zero attached hydrogens (tertiary/aromatic N) is 11. The van der Waals surface area contributed by atoms with Crippen molar-refractivity contribution in [3.8, 4) is 22.9 Å². The van der Waals surface area contributed by atoms with Crippen LogP contribution in [0.4, 0.5) is 34.1 Å². The second-order valence-corrected chi connectivity index (χ2v) is 15.7. The molecule has 6 aromatic rings. The van der Waals surface area contributed by atoms with E-state index < -0.39 is 32.5 Å². The van der Waals surface area contributed by atoms with E-state index >= 15 is 0 Å². The third-order valence-corrected chi connectivity index (χ3v) is 10.5. The molecule has 0 fully saturated rings. The summed E-state index contributed by atoms with van der Waals surface area (Å²) in [5.41, 5.74) is 0.575. The van der Waals surface area contributed by atoms with Crippen LogP contribution in [0.25, 0.3) is 11.4 Å². The largest absolute Gasteiger partial charge is 1.00 e. The molecular formula is C48H60CrN11O10-. The zero-order valence-corrected chi connectivity index (χ0v) is 40.7. The minimum atomic E-state index is -0.634. The second kappa shape index (κ2) is 30.4. The molecule has 0 bridgehead atoms. The normalized spacial score (nSPS) is 11.0. The number of nitro groups is 2. The molecule has 22 heteroatoms. The Bertz CT molecular complexity index is 2560. The van der Waals surface area contributed by atoms with Gasteiger partial charge in [-0.1, -0.05) is 126 Å². The molecule has 0 radical (unpaired) electrons. The first-order valence-corrected chi connectivity index (χ1v) is 22.7. The Kier molecular flexibility index (Phi) is 24.9. The average molecular weight is 1000 g/mol. The van der Waals surface area contributed by atoms with Crippen LogP contribution in [0.1, 0.15) is 83.9 Å². The SMILES string of the molecule is CCCCCCCCCCCCN(CCO)CCO.Cc1nn(-c2ccccc2)c(=O)[c-]1N=Nc1ccc([N+](=O)[O-])cc1O.Cc1nn(-c2ccccc2)c(=O)[c-]1N=Nc1ccc([N+](=O)[O-])cc1O.[Cr].[H+]. The fourth-order valence-electron chi connectivity index (χ4n) is 6.78. The molecule has 0 spiro atoms. The van der Waals surface area contributed by atoms with Crippen LogP contribution < -0.4 is 11.1 Å². The zero-order valence-electron chi connectivity index (χ0n) is 40.4. The van der Waals surface area contributed by atoms with E-state index in [0.29, 0.717) is 35.9 Å². The summed E-state index contributed by atoms with van der Waals surface area (Å²) in [6.07, 6.45) is 13.5. The van der Waals surface area contributed by atoms with E-state index in [1.165, 1.54) is 97.8 Å². The van der Waals surface area contributed by atoms with Gasteiger partial charge in [-0.15, -0.1) is 11.4 Å². The quantitative estimate of drug-likeness (QED) is 0.0153. The summed E-state index contributed by atoms with van der Waals surface area (Å²) in [5.74, 6) is -0.808. The van der Waals surface area contributed by atoms with Gasteiger partial charge in [0.05, 0.1) is 46.6 Å². The number of benzene rings is 4. The third-order valence-electron chi connectivity index (χ3n) is 10.5. The topological polar surface area (TPSA) is 290 Å². The molecule has 70 heavy (non-hydrogen) atoms. The van der Waals surface area contributed by atoms with Gasteiger partial charge in [-0.05, 0) is 49.4 Å². The number of aliphatic hydroxyl groups excluding tert-OH is 2. The predicted molar refractivity (Wildman–Crippen MR) is 262 cm³/mol. The van der Waals surface area contributed by atoms with Crippen LogP contribution in [-0.2, 0) is 17.4 Å². The number of para-hydroxylation sites is 2. The maximum absolute atomic E-state index is 12.4. The van der Waals surface area contributed by atoms with Gasteiger partial charge in [-0.2, -0.15) is 10.2 Å². The summed E-state index contributed by atoms with van der Waals surface area (Å²) in [4.78, 5) is 47.1. The monoisotopic (exact) mass is 1000 g/mol. The van der Waals surface area contributed by atoms with Crippen molar-refractivity contribution >= 4 is 34.1 Å². The predicted octanol–water partition coefficient (Wildman–Crippen LogP) is 9.88. The van der Waals surface area contributed by atoms with Crippen molar-refractivity contribution in [1.29, 1.82) is 0 Å². The molecule has 0 saturated heterocycles. The van der Waals surface area contributed by atoms with Gasteiger partial charge in [0.2, 0.25) is 0 Å². The van der Waals surface area contributed by atoms with Crippen molar-refractivity contribution in [2.75, 3.05) is 32.8 Å². The maximum Gasteiger partial charge on any atom is 1.00 e. The van der Waals surface area contributed by atoms with Crippen molar-refractivity contribution < 1.29 is 49.1 Å². The Morgan fingerprint density at radius 1 is 0.600 bits per heavy atom. The van der Waals surface area contributed by atoms with Crippen LogP contribution in [-0.4, -0.2) is 87.6 Å². The van der Waals surface area contributed by atoms with Gasteiger partial charge in [0.25, 0.3) is 11.4 Å². The summed E-state index contributed by atoms with van der Waals surface area (Å²) in [6, 6.07) is 24.5. The van der Waals surface area contributed by atoms with Gasteiger partial charge >= 0.3 is 1.43 Å². The molecule has 374 valence electrons. The first kappa shape index (κ1) is 57.2. The van der Waals surface area contributed by atoms with E-state index in [4.69, 9.17) is 10.2 Å². The number of phenolic OH excluding ortho intramolecular Hbond substituents is 2.